The topological polar surface area (TPSA) is 54.4 Å². The summed E-state index contributed by atoms with van der Waals surface area (Å²) in [5.41, 5.74) is 0. The molecule has 1 aliphatic carbocycles. The highest BCUT2D eigenvalue weighted by molar-refractivity contribution is 7.87. The minimum absolute atomic E-state index is 0.0739. The Hall–Kier alpha value is -0.380. The monoisotopic (exact) mass is 246 g/mol. The van der Waals surface area contributed by atoms with E-state index in [4.69, 9.17) is 5.11 Å². The van der Waals surface area contributed by atoms with Gasteiger partial charge in [-0.25, -0.2) is 0 Å². The van der Waals surface area contributed by atoms with Gasteiger partial charge in [0.25, 0.3) is 0 Å². The Morgan fingerprint density at radius 3 is 2.44 bits per heavy atom. The van der Waals surface area contributed by atoms with Crippen LogP contribution < -0.4 is 0 Å². The molecule has 0 saturated heterocycles. The van der Waals surface area contributed by atoms with Crippen molar-refractivity contribution >= 4 is 16.8 Å². The number of carboxylic acid groups (broad SMARTS) is 1. The smallest absolute Gasteiger partial charge is 0.321 e. The summed E-state index contributed by atoms with van der Waals surface area (Å²) in [4.78, 5) is 11.1. The number of hydrogen-bond acceptors (Lipinski definition) is 2. The van der Waals surface area contributed by atoms with E-state index in [1.54, 1.807) is 13.8 Å². The van der Waals surface area contributed by atoms with Crippen molar-refractivity contribution in [3.8, 4) is 0 Å². The largest absolute Gasteiger partial charge is 0.480 e. The molecule has 0 amide bonds. The molecule has 0 aromatic heterocycles. The van der Waals surface area contributed by atoms with Crippen LogP contribution in [0.25, 0.3) is 0 Å². The zero-order chi connectivity index (χ0) is 12.3. The van der Waals surface area contributed by atoms with Gasteiger partial charge in [-0.1, -0.05) is 26.2 Å². The van der Waals surface area contributed by atoms with E-state index in [1.165, 1.54) is 6.42 Å². The van der Waals surface area contributed by atoms with Crippen molar-refractivity contribution in [1.82, 2.24) is 0 Å². The molecule has 1 rings (SSSR count). The van der Waals surface area contributed by atoms with E-state index in [2.05, 4.69) is 6.92 Å². The van der Waals surface area contributed by atoms with Gasteiger partial charge in [-0.05, 0) is 32.6 Å². The Kier molecular flexibility index (Phi) is 4.53. The highest BCUT2D eigenvalue weighted by Crippen LogP contribution is 2.34. The van der Waals surface area contributed by atoms with Crippen molar-refractivity contribution in [1.29, 1.82) is 0 Å². The van der Waals surface area contributed by atoms with Crippen LogP contribution in [-0.4, -0.2) is 25.3 Å². The van der Waals surface area contributed by atoms with E-state index < -0.39 is 21.5 Å². The summed E-state index contributed by atoms with van der Waals surface area (Å²) in [5.74, 6) is -0.514. The number of aliphatic carboxylic acids is 1. The van der Waals surface area contributed by atoms with Crippen molar-refractivity contribution in [2.75, 3.05) is 0 Å². The highest BCUT2D eigenvalue weighted by Gasteiger charge is 2.41. The molecule has 94 valence electrons. The summed E-state index contributed by atoms with van der Waals surface area (Å²) >= 11 is 0. The maximum absolute atomic E-state index is 12.4. The van der Waals surface area contributed by atoms with Gasteiger partial charge in [0, 0.05) is 16.0 Å². The molecule has 0 aromatic rings. The average molecular weight is 246 g/mol. The Bertz CT molecular complexity index is 286. The van der Waals surface area contributed by atoms with Crippen molar-refractivity contribution < 1.29 is 14.1 Å². The first kappa shape index (κ1) is 13.7. The lowest BCUT2D eigenvalue weighted by molar-refractivity contribution is -0.139. The zero-order valence-corrected chi connectivity index (χ0v) is 11.2. The second-order valence-electron chi connectivity index (χ2n) is 5.10. The lowest BCUT2D eigenvalue weighted by Gasteiger charge is -2.34. The lowest BCUT2D eigenvalue weighted by Crippen LogP contribution is -2.44. The van der Waals surface area contributed by atoms with Gasteiger partial charge in [0.15, 0.2) is 0 Å². The van der Waals surface area contributed by atoms with Gasteiger partial charge < -0.3 is 5.11 Å². The van der Waals surface area contributed by atoms with Crippen molar-refractivity contribution in [2.24, 2.45) is 5.92 Å². The first-order chi connectivity index (χ1) is 7.41. The predicted molar refractivity (Wildman–Crippen MR) is 65.9 cm³/mol. The minimum atomic E-state index is -1.28. The summed E-state index contributed by atoms with van der Waals surface area (Å²) in [6.07, 6.45) is 5.30. The molecule has 1 aliphatic rings. The number of hydrogen-bond donors (Lipinski definition) is 1. The van der Waals surface area contributed by atoms with E-state index in [0.717, 1.165) is 25.7 Å². The Balaban J connectivity index is 2.82. The summed E-state index contributed by atoms with van der Waals surface area (Å²) < 4.78 is 11.2. The fraction of sp³-hybridized carbons (Fsp3) is 0.917. The summed E-state index contributed by atoms with van der Waals surface area (Å²) in [5, 5.41) is 9.18. The van der Waals surface area contributed by atoms with Crippen LogP contribution in [-0.2, 0) is 15.6 Å². The maximum Gasteiger partial charge on any atom is 0.321 e. The molecule has 0 aromatic carbocycles. The molecule has 3 atom stereocenters. The van der Waals surface area contributed by atoms with Gasteiger partial charge in [-0.15, -0.1) is 0 Å². The van der Waals surface area contributed by atoms with Crippen LogP contribution in [0.4, 0.5) is 0 Å². The quantitative estimate of drug-likeness (QED) is 0.829. The summed E-state index contributed by atoms with van der Waals surface area (Å²) in [7, 11) is -1.28. The molecule has 4 heteroatoms. The van der Waals surface area contributed by atoms with E-state index >= 15 is 0 Å². The van der Waals surface area contributed by atoms with Crippen LogP contribution in [0, 0.1) is 5.92 Å². The van der Waals surface area contributed by atoms with E-state index in [-0.39, 0.29) is 5.25 Å². The maximum atomic E-state index is 12.4. The van der Waals surface area contributed by atoms with Crippen molar-refractivity contribution in [3.63, 3.8) is 0 Å². The molecule has 16 heavy (non-hydrogen) atoms. The Labute approximate surface area is 100 Å². The lowest BCUT2D eigenvalue weighted by atomic mass is 9.87. The minimum Gasteiger partial charge on any atom is -0.480 e. The standard InChI is InChI=1S/C12H22O3S/c1-4-9-7-5-6-8-10(9)16(15)12(2,3)11(13)14/h9-10H,4-8H2,1-3H3,(H,13,14). The molecule has 0 spiro atoms. The third-order valence-electron chi connectivity index (χ3n) is 3.66. The molecule has 3 unspecified atom stereocenters. The molecular formula is C12H22O3S. The molecular weight excluding hydrogens is 224 g/mol. The fourth-order valence-electron chi connectivity index (χ4n) is 2.39. The van der Waals surface area contributed by atoms with Gasteiger partial charge in [-0.3, -0.25) is 9.00 Å². The predicted octanol–water partition coefficient (Wildman–Crippen LogP) is 2.57. The first-order valence-corrected chi connectivity index (χ1v) is 7.26. The van der Waals surface area contributed by atoms with E-state index in [1.807, 2.05) is 0 Å². The summed E-state index contributed by atoms with van der Waals surface area (Å²) in [6, 6.07) is 0. The summed E-state index contributed by atoms with van der Waals surface area (Å²) in [6.45, 7) is 5.26. The van der Waals surface area contributed by atoms with Crippen LogP contribution in [0.1, 0.15) is 52.9 Å². The highest BCUT2D eigenvalue weighted by atomic mass is 32.2. The van der Waals surface area contributed by atoms with Gasteiger partial charge in [0.05, 0.1) is 0 Å². The van der Waals surface area contributed by atoms with Crippen LogP contribution >= 0.6 is 0 Å². The first-order valence-electron chi connectivity index (χ1n) is 6.05. The second kappa shape index (κ2) is 5.30. The molecule has 3 nitrogen and oxygen atoms in total. The zero-order valence-electron chi connectivity index (χ0n) is 10.4. The average Bonchev–Trinajstić information content (AvgIpc) is 2.27. The van der Waals surface area contributed by atoms with E-state index in [0.29, 0.717) is 5.92 Å². The Morgan fingerprint density at radius 1 is 1.38 bits per heavy atom. The molecule has 0 heterocycles. The Morgan fingerprint density at radius 2 is 1.94 bits per heavy atom. The van der Waals surface area contributed by atoms with Gasteiger partial charge in [0.1, 0.15) is 4.75 Å². The van der Waals surface area contributed by atoms with Gasteiger partial charge >= 0.3 is 5.97 Å². The van der Waals surface area contributed by atoms with Crippen molar-refractivity contribution in [2.45, 2.75) is 62.9 Å². The fourth-order valence-corrected chi connectivity index (χ4v) is 4.37. The third kappa shape index (κ3) is 2.65. The third-order valence-corrected chi connectivity index (χ3v) is 6.01. The number of rotatable bonds is 4. The van der Waals surface area contributed by atoms with E-state index in [9.17, 15) is 9.00 Å². The molecule has 0 bridgehead atoms. The molecule has 0 aliphatic heterocycles. The number of carboxylic acids is 1. The van der Waals surface area contributed by atoms with Gasteiger partial charge in [-0.2, -0.15) is 0 Å². The normalized spacial score (nSPS) is 28.7. The molecule has 1 saturated carbocycles. The van der Waals surface area contributed by atoms with Crippen molar-refractivity contribution in [3.05, 3.63) is 0 Å². The molecule has 1 fully saturated rings. The van der Waals surface area contributed by atoms with Crippen LogP contribution in [0.5, 0.6) is 0 Å². The van der Waals surface area contributed by atoms with Crippen LogP contribution in [0.15, 0.2) is 0 Å². The van der Waals surface area contributed by atoms with Gasteiger partial charge in [0.2, 0.25) is 0 Å². The number of carbonyl (C=O) groups is 1. The SMILES string of the molecule is CCC1CCCCC1S(=O)C(C)(C)C(=O)O. The second-order valence-corrected chi connectivity index (χ2v) is 7.33. The van der Waals surface area contributed by atoms with Crippen LogP contribution in [0.2, 0.25) is 0 Å². The van der Waals surface area contributed by atoms with Crippen LogP contribution in [0.3, 0.4) is 0 Å². The molecule has 0 radical (unpaired) electrons. The molecule has 1 N–H and O–H groups in total.